The van der Waals surface area contributed by atoms with Gasteiger partial charge in [-0.2, -0.15) is 11.8 Å². The van der Waals surface area contributed by atoms with Gasteiger partial charge in [0.2, 0.25) is 11.8 Å². The van der Waals surface area contributed by atoms with E-state index in [9.17, 15) is 14.4 Å². The lowest BCUT2D eigenvalue weighted by atomic mass is 10.5. The summed E-state index contributed by atoms with van der Waals surface area (Å²) in [6.07, 6.45) is 0. The van der Waals surface area contributed by atoms with Gasteiger partial charge in [0.05, 0.1) is 11.5 Å². The monoisotopic (exact) mass is 277 g/mol. The Kier molecular flexibility index (Phi) is 6.38. The first-order valence-electron chi connectivity index (χ1n) is 5.16. The molecular formula is C9H15N3O3S2. The van der Waals surface area contributed by atoms with Crippen LogP contribution in [0.2, 0.25) is 0 Å². The van der Waals surface area contributed by atoms with Gasteiger partial charge in [0.25, 0.3) is 5.24 Å². The average Bonchev–Trinajstić information content (AvgIpc) is 2.61. The molecule has 0 bridgehead atoms. The smallest absolute Gasteiger partial charge is 0.288 e. The fourth-order valence-electron chi connectivity index (χ4n) is 1.20. The molecule has 0 radical (unpaired) electrons. The van der Waals surface area contributed by atoms with Gasteiger partial charge in [-0.1, -0.05) is 11.8 Å². The molecule has 17 heavy (non-hydrogen) atoms. The minimum absolute atomic E-state index is 0.102. The van der Waals surface area contributed by atoms with Crippen LogP contribution in [0.15, 0.2) is 0 Å². The van der Waals surface area contributed by atoms with Gasteiger partial charge in [-0.05, 0) is 0 Å². The summed E-state index contributed by atoms with van der Waals surface area (Å²) >= 11 is 2.45. The van der Waals surface area contributed by atoms with Gasteiger partial charge in [-0.25, -0.2) is 0 Å². The van der Waals surface area contributed by atoms with Crippen molar-refractivity contribution in [1.29, 1.82) is 0 Å². The molecule has 8 heteroatoms. The van der Waals surface area contributed by atoms with Crippen molar-refractivity contribution in [2.45, 2.75) is 0 Å². The Bertz CT molecular complexity index is 296. The molecule has 1 saturated heterocycles. The van der Waals surface area contributed by atoms with E-state index in [2.05, 4.69) is 5.32 Å². The van der Waals surface area contributed by atoms with E-state index in [1.165, 1.54) is 11.8 Å². The molecule has 6 nitrogen and oxygen atoms in total. The lowest BCUT2D eigenvalue weighted by Gasteiger charge is -2.12. The highest BCUT2D eigenvalue weighted by atomic mass is 32.2. The van der Waals surface area contributed by atoms with Crippen LogP contribution in [0, 0.1) is 0 Å². The van der Waals surface area contributed by atoms with Crippen LogP contribution in [0.1, 0.15) is 0 Å². The van der Waals surface area contributed by atoms with Gasteiger partial charge in [0.1, 0.15) is 0 Å². The Morgan fingerprint density at radius 2 is 2.29 bits per heavy atom. The first kappa shape index (κ1) is 14.3. The van der Waals surface area contributed by atoms with Crippen molar-refractivity contribution in [2.75, 3.05) is 36.9 Å². The molecule has 1 rings (SSSR count). The number of hydrogen-bond donors (Lipinski definition) is 2. The van der Waals surface area contributed by atoms with E-state index in [0.29, 0.717) is 18.8 Å². The van der Waals surface area contributed by atoms with Crippen LogP contribution in [0.25, 0.3) is 0 Å². The van der Waals surface area contributed by atoms with E-state index in [-0.39, 0.29) is 29.4 Å². The van der Waals surface area contributed by atoms with Gasteiger partial charge in [0.15, 0.2) is 0 Å². The fraction of sp³-hybridized carbons (Fsp3) is 0.667. The van der Waals surface area contributed by atoms with Gasteiger partial charge in [-0.3, -0.25) is 19.3 Å². The van der Waals surface area contributed by atoms with Crippen LogP contribution >= 0.6 is 23.5 Å². The van der Waals surface area contributed by atoms with Crippen molar-refractivity contribution in [2.24, 2.45) is 5.73 Å². The Labute approximate surface area is 108 Å². The maximum absolute atomic E-state index is 11.3. The number of nitrogens with two attached hydrogens (primary N) is 1. The van der Waals surface area contributed by atoms with E-state index in [0.717, 1.165) is 22.4 Å². The quantitative estimate of drug-likeness (QED) is 0.609. The normalized spacial score (nSPS) is 15.5. The Morgan fingerprint density at radius 1 is 1.53 bits per heavy atom. The Balaban J connectivity index is 2.12. The minimum Gasteiger partial charge on any atom is -0.354 e. The number of nitrogens with one attached hydrogen (secondary N) is 1. The lowest BCUT2D eigenvalue weighted by Crippen LogP contribution is -2.38. The number of nitrogens with zero attached hydrogens (tertiary/aromatic N) is 1. The predicted molar refractivity (Wildman–Crippen MR) is 69.0 cm³/mol. The molecule has 1 heterocycles. The van der Waals surface area contributed by atoms with Crippen LogP contribution in [0.3, 0.4) is 0 Å². The SMILES string of the molecule is NCCSCC(=O)NCCN1C(=O)CSC1=O. The van der Waals surface area contributed by atoms with Crippen LogP contribution in [-0.2, 0) is 9.59 Å². The first-order chi connectivity index (χ1) is 8.15. The molecule has 96 valence electrons. The summed E-state index contributed by atoms with van der Waals surface area (Å²) in [5, 5.41) is 2.42. The maximum Gasteiger partial charge on any atom is 0.288 e. The van der Waals surface area contributed by atoms with Crippen LogP contribution in [0.4, 0.5) is 4.79 Å². The summed E-state index contributed by atoms with van der Waals surface area (Å²) in [7, 11) is 0. The van der Waals surface area contributed by atoms with E-state index in [1.807, 2.05) is 0 Å². The van der Waals surface area contributed by atoms with Crippen LogP contribution in [0.5, 0.6) is 0 Å². The Morgan fingerprint density at radius 3 is 2.88 bits per heavy atom. The molecule has 0 aromatic carbocycles. The highest BCUT2D eigenvalue weighted by molar-refractivity contribution is 8.14. The van der Waals surface area contributed by atoms with E-state index in [4.69, 9.17) is 5.73 Å². The molecule has 1 aliphatic heterocycles. The first-order valence-corrected chi connectivity index (χ1v) is 7.31. The van der Waals surface area contributed by atoms with Crippen molar-refractivity contribution in [3.63, 3.8) is 0 Å². The van der Waals surface area contributed by atoms with Gasteiger partial charge >= 0.3 is 0 Å². The largest absolute Gasteiger partial charge is 0.354 e. The van der Waals surface area contributed by atoms with Gasteiger partial charge in [-0.15, -0.1) is 0 Å². The number of carbonyl (C=O) groups excluding carboxylic acids is 3. The molecule has 1 aliphatic rings. The minimum atomic E-state index is -0.234. The number of rotatable bonds is 7. The molecule has 0 atom stereocenters. The maximum atomic E-state index is 11.3. The van der Waals surface area contributed by atoms with Gasteiger partial charge < -0.3 is 11.1 Å². The summed E-state index contributed by atoms with van der Waals surface area (Å²) in [5.41, 5.74) is 5.29. The molecule has 0 aliphatic carbocycles. The third-order valence-electron chi connectivity index (χ3n) is 1.99. The highest BCUT2D eigenvalue weighted by Gasteiger charge is 2.29. The molecule has 1 fully saturated rings. The number of imide groups is 1. The zero-order chi connectivity index (χ0) is 12.7. The average molecular weight is 277 g/mol. The summed E-state index contributed by atoms with van der Waals surface area (Å²) in [6.45, 7) is 1.10. The predicted octanol–water partition coefficient (Wildman–Crippen LogP) is -0.510. The number of hydrogen-bond acceptors (Lipinski definition) is 6. The van der Waals surface area contributed by atoms with Crippen molar-refractivity contribution < 1.29 is 14.4 Å². The summed E-state index contributed by atoms with van der Waals surface area (Å²) in [4.78, 5) is 34.9. The van der Waals surface area contributed by atoms with Crippen LogP contribution < -0.4 is 11.1 Å². The van der Waals surface area contributed by atoms with E-state index < -0.39 is 0 Å². The molecule has 0 saturated carbocycles. The van der Waals surface area contributed by atoms with Gasteiger partial charge in [0, 0.05) is 25.4 Å². The summed E-state index contributed by atoms with van der Waals surface area (Å²) in [6, 6.07) is 0. The number of carbonyl (C=O) groups is 3. The van der Waals surface area contributed by atoms with Crippen molar-refractivity contribution in [1.82, 2.24) is 10.2 Å². The second kappa shape index (κ2) is 7.57. The number of thioether (sulfide) groups is 2. The second-order valence-corrected chi connectivity index (χ2v) is 5.32. The molecule has 3 amide bonds. The molecule has 0 aromatic heterocycles. The molecule has 3 N–H and O–H groups in total. The zero-order valence-corrected chi connectivity index (χ0v) is 10.9. The summed E-state index contributed by atoms with van der Waals surface area (Å²) in [5.74, 6) is 1.02. The molecule has 0 unspecified atom stereocenters. The fourth-order valence-corrected chi connectivity index (χ4v) is 2.55. The van der Waals surface area contributed by atoms with E-state index >= 15 is 0 Å². The van der Waals surface area contributed by atoms with Crippen molar-refractivity contribution in [3.8, 4) is 0 Å². The molecular weight excluding hydrogens is 262 g/mol. The third-order valence-corrected chi connectivity index (χ3v) is 3.84. The highest BCUT2D eigenvalue weighted by Crippen LogP contribution is 2.17. The second-order valence-electron chi connectivity index (χ2n) is 3.29. The lowest BCUT2D eigenvalue weighted by molar-refractivity contribution is -0.125. The van der Waals surface area contributed by atoms with Crippen molar-refractivity contribution in [3.05, 3.63) is 0 Å². The van der Waals surface area contributed by atoms with E-state index in [1.54, 1.807) is 0 Å². The topological polar surface area (TPSA) is 92.5 Å². The zero-order valence-electron chi connectivity index (χ0n) is 9.31. The molecule has 0 spiro atoms. The van der Waals surface area contributed by atoms with Crippen LogP contribution in [-0.4, -0.2) is 58.8 Å². The standard InChI is InChI=1S/C9H15N3O3S2/c10-1-4-16-5-7(13)11-2-3-12-8(14)6-17-9(12)15/h1-6,10H2,(H,11,13). The Hall–Kier alpha value is -0.730. The number of amides is 3. The molecule has 0 aromatic rings. The van der Waals surface area contributed by atoms with Crippen molar-refractivity contribution >= 4 is 40.6 Å². The summed E-state index contributed by atoms with van der Waals surface area (Å²) < 4.78 is 0. The third kappa shape index (κ3) is 4.97.